The normalized spacial score (nSPS) is 12.6. The van der Waals surface area contributed by atoms with Crippen LogP contribution in [0.25, 0.3) is 0 Å². The molecular formula is C24H27N5O5S. The summed E-state index contributed by atoms with van der Waals surface area (Å²) in [6.07, 6.45) is 6.82. The lowest BCUT2D eigenvalue weighted by Gasteiger charge is -2.13. The van der Waals surface area contributed by atoms with E-state index in [0.717, 1.165) is 41.7 Å². The number of nitrogens with zero attached hydrogens (tertiary/aromatic N) is 3. The topological polar surface area (TPSA) is 124 Å². The Labute approximate surface area is 206 Å². The summed E-state index contributed by atoms with van der Waals surface area (Å²) in [7, 11) is 1.57. The van der Waals surface area contributed by atoms with Crippen molar-refractivity contribution in [3.05, 3.63) is 64.1 Å². The van der Waals surface area contributed by atoms with Crippen LogP contribution in [0.1, 0.15) is 49.6 Å². The highest BCUT2D eigenvalue weighted by atomic mass is 32.1. The zero-order valence-corrected chi connectivity index (χ0v) is 20.2. The number of nitrogens with one attached hydrogen (secondary N) is 2. The van der Waals surface area contributed by atoms with Gasteiger partial charge in [0.15, 0.2) is 6.61 Å². The summed E-state index contributed by atoms with van der Waals surface area (Å²) in [5.74, 6) is -1.33. The van der Waals surface area contributed by atoms with Crippen LogP contribution in [-0.4, -0.2) is 59.4 Å². The third-order valence-electron chi connectivity index (χ3n) is 5.58. The molecule has 4 rings (SSSR count). The van der Waals surface area contributed by atoms with E-state index >= 15 is 0 Å². The molecule has 3 aromatic rings. The molecule has 10 nitrogen and oxygen atoms in total. The zero-order valence-electron chi connectivity index (χ0n) is 19.4. The lowest BCUT2D eigenvalue weighted by Crippen LogP contribution is -2.29. The highest BCUT2D eigenvalue weighted by Crippen LogP contribution is 2.38. The number of hydrogen-bond acceptors (Lipinski definition) is 8. The van der Waals surface area contributed by atoms with Gasteiger partial charge in [0.05, 0.1) is 24.3 Å². The van der Waals surface area contributed by atoms with E-state index < -0.39 is 18.5 Å². The molecule has 0 aliphatic heterocycles. The van der Waals surface area contributed by atoms with Gasteiger partial charge >= 0.3 is 5.97 Å². The van der Waals surface area contributed by atoms with Gasteiger partial charge in [-0.2, -0.15) is 5.10 Å². The van der Waals surface area contributed by atoms with Crippen LogP contribution < -0.4 is 10.6 Å². The van der Waals surface area contributed by atoms with Crippen LogP contribution >= 0.6 is 11.3 Å². The van der Waals surface area contributed by atoms with Gasteiger partial charge in [0, 0.05) is 18.5 Å². The number of aryl methyl sites for hydroxylation is 1. The smallest absolute Gasteiger partial charge is 0.338 e. The van der Waals surface area contributed by atoms with Crippen molar-refractivity contribution >= 4 is 34.1 Å². The minimum Gasteiger partial charge on any atom is -0.452 e. The van der Waals surface area contributed by atoms with Crippen LogP contribution in [0.4, 0.5) is 5.00 Å². The van der Waals surface area contributed by atoms with Crippen molar-refractivity contribution in [2.75, 3.05) is 32.2 Å². The van der Waals surface area contributed by atoms with Crippen LogP contribution in [0.5, 0.6) is 0 Å². The van der Waals surface area contributed by atoms with E-state index in [4.69, 9.17) is 9.47 Å². The molecule has 2 amide bonds. The molecule has 0 fully saturated rings. The molecule has 11 heteroatoms. The number of aromatic nitrogens is 3. The number of hydrogen-bond donors (Lipinski definition) is 2. The lowest BCUT2D eigenvalue weighted by molar-refractivity contribution is -0.119. The molecule has 0 radical (unpaired) electrons. The van der Waals surface area contributed by atoms with Crippen LogP contribution in [0.15, 0.2) is 36.9 Å². The maximum Gasteiger partial charge on any atom is 0.338 e. The number of methoxy groups -OCH3 is 1. The Kier molecular flexibility index (Phi) is 8.22. The molecule has 2 heterocycles. The zero-order chi connectivity index (χ0) is 24.6. The summed E-state index contributed by atoms with van der Waals surface area (Å²) in [6.45, 7) is 0.858. The second-order valence-electron chi connectivity index (χ2n) is 8.08. The first kappa shape index (κ1) is 24.6. The Morgan fingerprint density at radius 2 is 1.94 bits per heavy atom. The molecule has 0 atom stereocenters. The monoisotopic (exact) mass is 497 g/mol. The van der Waals surface area contributed by atoms with Gasteiger partial charge in [0.25, 0.3) is 11.8 Å². The molecule has 0 spiro atoms. The number of carbonyl (C=O) groups excluding carboxylic acids is 3. The molecule has 2 N–H and O–H groups in total. The predicted octanol–water partition coefficient (Wildman–Crippen LogP) is 2.44. The maximum atomic E-state index is 12.8. The number of esters is 1. The predicted molar refractivity (Wildman–Crippen MR) is 130 cm³/mol. The lowest BCUT2D eigenvalue weighted by atomic mass is 9.95. The summed E-state index contributed by atoms with van der Waals surface area (Å²) in [5.41, 5.74) is 2.78. The van der Waals surface area contributed by atoms with Crippen molar-refractivity contribution in [1.29, 1.82) is 0 Å². The van der Waals surface area contributed by atoms with Crippen molar-refractivity contribution in [2.45, 2.75) is 32.2 Å². The number of rotatable bonds is 10. The number of thiophene rings is 1. The largest absolute Gasteiger partial charge is 0.452 e. The number of fused-ring (bicyclic) bond motifs is 1. The van der Waals surface area contributed by atoms with Crippen molar-refractivity contribution in [3.8, 4) is 0 Å². The van der Waals surface area contributed by atoms with E-state index in [1.807, 2.05) is 0 Å². The SMILES string of the molecule is COCCNC(=O)c1c(NC(=O)COC(=O)c2ccc(Cn3cncn3)cc2)sc2c1CCCC2. The van der Waals surface area contributed by atoms with E-state index in [-0.39, 0.29) is 5.91 Å². The Balaban J connectivity index is 1.35. The van der Waals surface area contributed by atoms with Crippen LogP contribution in [0, 0.1) is 0 Å². The molecule has 0 saturated heterocycles. The van der Waals surface area contributed by atoms with Crippen molar-refractivity contribution in [2.24, 2.45) is 0 Å². The van der Waals surface area contributed by atoms with Crippen LogP contribution in [0.2, 0.25) is 0 Å². The van der Waals surface area contributed by atoms with Crippen molar-refractivity contribution in [1.82, 2.24) is 20.1 Å². The third kappa shape index (κ3) is 6.31. The fourth-order valence-electron chi connectivity index (χ4n) is 3.87. The molecule has 0 unspecified atom stereocenters. The Bertz CT molecular complexity index is 1170. The van der Waals surface area contributed by atoms with Crippen molar-refractivity contribution in [3.63, 3.8) is 0 Å². The fraction of sp³-hybridized carbons (Fsp3) is 0.375. The van der Waals surface area contributed by atoms with E-state index in [1.165, 1.54) is 17.7 Å². The number of amides is 2. The van der Waals surface area contributed by atoms with Gasteiger partial charge in [0.2, 0.25) is 0 Å². The molecule has 184 valence electrons. The number of carbonyl (C=O) groups is 3. The maximum absolute atomic E-state index is 12.8. The molecule has 35 heavy (non-hydrogen) atoms. The molecule has 1 aliphatic carbocycles. The van der Waals surface area contributed by atoms with Crippen molar-refractivity contribution < 1.29 is 23.9 Å². The van der Waals surface area contributed by atoms with E-state index in [0.29, 0.717) is 35.8 Å². The van der Waals surface area contributed by atoms with Gasteiger partial charge in [-0.05, 0) is 48.9 Å². The van der Waals surface area contributed by atoms with Gasteiger partial charge in [-0.25, -0.2) is 14.5 Å². The Morgan fingerprint density at radius 1 is 1.14 bits per heavy atom. The van der Waals surface area contributed by atoms with Gasteiger partial charge in [-0.15, -0.1) is 11.3 Å². The number of anilines is 1. The molecule has 1 aliphatic rings. The molecule has 0 saturated carbocycles. The second kappa shape index (κ2) is 11.7. The summed E-state index contributed by atoms with van der Waals surface area (Å²) < 4.78 is 11.9. The quantitative estimate of drug-likeness (QED) is 0.326. The average Bonchev–Trinajstić information content (AvgIpc) is 3.50. The number of benzene rings is 1. The van der Waals surface area contributed by atoms with E-state index in [9.17, 15) is 14.4 Å². The molecule has 1 aromatic carbocycles. The van der Waals surface area contributed by atoms with E-state index in [2.05, 4.69) is 20.7 Å². The van der Waals surface area contributed by atoms with Crippen LogP contribution in [0.3, 0.4) is 0 Å². The molecule has 0 bridgehead atoms. The van der Waals surface area contributed by atoms with Crippen LogP contribution in [-0.2, 0) is 33.7 Å². The standard InChI is InChI=1S/C24H27N5O5S/c1-33-11-10-26-22(31)21-18-4-2-3-5-19(18)35-23(21)28-20(30)13-34-24(32)17-8-6-16(7-9-17)12-29-15-25-14-27-29/h6-9,14-15H,2-5,10-13H2,1H3,(H,26,31)(H,28,30). The number of ether oxygens (including phenoxy) is 2. The Hall–Kier alpha value is -3.57. The first-order valence-corrected chi connectivity index (χ1v) is 12.2. The van der Waals surface area contributed by atoms with Gasteiger partial charge in [-0.1, -0.05) is 12.1 Å². The molecular weight excluding hydrogens is 470 g/mol. The highest BCUT2D eigenvalue weighted by molar-refractivity contribution is 7.17. The fourth-order valence-corrected chi connectivity index (χ4v) is 5.18. The Morgan fingerprint density at radius 3 is 2.69 bits per heavy atom. The van der Waals surface area contributed by atoms with Gasteiger partial charge in [0.1, 0.15) is 17.7 Å². The first-order chi connectivity index (χ1) is 17.0. The summed E-state index contributed by atoms with van der Waals surface area (Å²) in [6, 6.07) is 6.87. The summed E-state index contributed by atoms with van der Waals surface area (Å²) in [4.78, 5) is 42.8. The second-order valence-corrected chi connectivity index (χ2v) is 9.18. The summed E-state index contributed by atoms with van der Waals surface area (Å²) in [5, 5.41) is 10.2. The van der Waals surface area contributed by atoms with E-state index in [1.54, 1.807) is 42.4 Å². The van der Waals surface area contributed by atoms with Gasteiger partial charge in [-0.3, -0.25) is 9.59 Å². The first-order valence-electron chi connectivity index (χ1n) is 11.3. The molecule has 2 aromatic heterocycles. The minimum absolute atomic E-state index is 0.236. The van der Waals surface area contributed by atoms with Gasteiger partial charge < -0.3 is 20.1 Å². The average molecular weight is 498 g/mol. The highest BCUT2D eigenvalue weighted by Gasteiger charge is 2.26. The summed E-state index contributed by atoms with van der Waals surface area (Å²) >= 11 is 1.42. The third-order valence-corrected chi connectivity index (χ3v) is 6.79. The minimum atomic E-state index is -0.601.